The smallest absolute Gasteiger partial charge is 0.254 e. The van der Waals surface area contributed by atoms with Crippen LogP contribution in [0, 0.1) is 0 Å². The topological polar surface area (TPSA) is 85.4 Å². The molecule has 0 bridgehead atoms. The lowest BCUT2D eigenvalue weighted by Gasteiger charge is -2.28. The van der Waals surface area contributed by atoms with Crippen LogP contribution in [-0.2, 0) is 26.6 Å². The van der Waals surface area contributed by atoms with Crippen LogP contribution in [-0.4, -0.2) is 48.6 Å². The first-order valence-corrected chi connectivity index (χ1v) is 9.88. The first-order valence-electron chi connectivity index (χ1n) is 9.88. The first kappa shape index (κ1) is 17.9. The van der Waals surface area contributed by atoms with Crippen molar-refractivity contribution in [3.63, 3.8) is 0 Å². The van der Waals surface area contributed by atoms with Gasteiger partial charge >= 0.3 is 0 Å². The molecule has 3 aromatic rings. The monoisotopic (exact) mass is 393 g/mol. The van der Waals surface area contributed by atoms with Gasteiger partial charge in [0.15, 0.2) is 0 Å². The molecule has 1 atom stereocenters. The Labute approximate surface area is 168 Å². The van der Waals surface area contributed by atoms with Crippen LogP contribution in [0.3, 0.4) is 0 Å². The van der Waals surface area contributed by atoms with Crippen molar-refractivity contribution in [1.29, 1.82) is 0 Å². The maximum atomic E-state index is 13.1. The number of carbonyl (C=O) groups is 1. The summed E-state index contributed by atoms with van der Waals surface area (Å²) in [6, 6.07) is 9.35. The number of ether oxygens (including phenoxy) is 1. The highest BCUT2D eigenvalue weighted by molar-refractivity contribution is 5.94. The lowest BCUT2D eigenvalue weighted by molar-refractivity contribution is 0.0705. The van der Waals surface area contributed by atoms with Gasteiger partial charge in [-0.25, -0.2) is 0 Å². The molecule has 8 nitrogen and oxygen atoms in total. The molecule has 1 aromatic carbocycles. The van der Waals surface area contributed by atoms with Gasteiger partial charge in [-0.2, -0.15) is 10.2 Å². The molecule has 1 amide bonds. The molecular formula is C21H23N5O3. The third-order valence-corrected chi connectivity index (χ3v) is 5.68. The fourth-order valence-electron chi connectivity index (χ4n) is 4.08. The van der Waals surface area contributed by atoms with E-state index < -0.39 is 6.10 Å². The Hall–Kier alpha value is -3.13. The van der Waals surface area contributed by atoms with E-state index in [1.807, 2.05) is 33.8 Å². The molecule has 1 unspecified atom stereocenters. The number of carbonyl (C=O) groups excluding carboxylic acids is 1. The van der Waals surface area contributed by atoms with Crippen LogP contribution < -0.4 is 4.74 Å². The second kappa shape index (κ2) is 7.04. The second-order valence-corrected chi connectivity index (χ2v) is 7.57. The van der Waals surface area contributed by atoms with Gasteiger partial charge in [-0.3, -0.25) is 14.2 Å². The highest BCUT2D eigenvalue weighted by Gasteiger charge is 2.26. The Morgan fingerprint density at radius 2 is 2.14 bits per heavy atom. The summed E-state index contributed by atoms with van der Waals surface area (Å²) < 4.78 is 9.16. The van der Waals surface area contributed by atoms with Gasteiger partial charge in [0.05, 0.1) is 36.8 Å². The van der Waals surface area contributed by atoms with Crippen LogP contribution in [0.15, 0.2) is 36.5 Å². The average molecular weight is 393 g/mol. The van der Waals surface area contributed by atoms with Crippen molar-refractivity contribution in [3.8, 4) is 5.75 Å². The number of benzene rings is 1. The number of aliphatic hydroxyl groups excluding tert-OH is 1. The van der Waals surface area contributed by atoms with E-state index in [0.717, 1.165) is 36.5 Å². The van der Waals surface area contributed by atoms with Gasteiger partial charge in [-0.05, 0) is 48.7 Å². The fourth-order valence-corrected chi connectivity index (χ4v) is 4.08. The number of fused-ring (bicyclic) bond motifs is 2. The van der Waals surface area contributed by atoms with Gasteiger partial charge in [0.25, 0.3) is 5.91 Å². The maximum absolute atomic E-state index is 13.1. The summed E-state index contributed by atoms with van der Waals surface area (Å²) in [4.78, 5) is 14.9. The minimum Gasteiger partial charge on any atom is -0.493 e. The van der Waals surface area contributed by atoms with Gasteiger partial charge in [-0.1, -0.05) is 0 Å². The lowest BCUT2D eigenvalue weighted by Crippen LogP contribution is -2.38. The number of rotatable bonds is 3. The van der Waals surface area contributed by atoms with Gasteiger partial charge in [0.1, 0.15) is 11.9 Å². The van der Waals surface area contributed by atoms with Crippen molar-refractivity contribution in [3.05, 3.63) is 64.7 Å². The molecule has 0 saturated heterocycles. The van der Waals surface area contributed by atoms with Crippen molar-refractivity contribution in [2.24, 2.45) is 7.05 Å². The normalized spacial score (nSPS) is 16.7. The summed E-state index contributed by atoms with van der Waals surface area (Å²) in [5.74, 6) is 0.901. The highest BCUT2D eigenvalue weighted by Crippen LogP contribution is 2.27. The number of amides is 1. The Balaban J connectivity index is 1.35. The quantitative estimate of drug-likeness (QED) is 0.732. The fraction of sp³-hybridized carbons (Fsp3) is 0.381. The largest absolute Gasteiger partial charge is 0.493 e. The van der Waals surface area contributed by atoms with E-state index in [4.69, 9.17) is 4.74 Å². The molecule has 29 heavy (non-hydrogen) atoms. The molecule has 4 heterocycles. The molecule has 1 N–H and O–H groups in total. The zero-order valence-corrected chi connectivity index (χ0v) is 16.3. The van der Waals surface area contributed by atoms with E-state index in [0.29, 0.717) is 36.6 Å². The van der Waals surface area contributed by atoms with Gasteiger partial charge in [0, 0.05) is 25.4 Å². The van der Waals surface area contributed by atoms with Gasteiger partial charge in [0.2, 0.25) is 0 Å². The van der Waals surface area contributed by atoms with Crippen molar-refractivity contribution in [1.82, 2.24) is 24.5 Å². The number of nitrogens with zero attached hydrogens (tertiary/aromatic N) is 5. The van der Waals surface area contributed by atoms with Crippen molar-refractivity contribution >= 4 is 5.91 Å². The minimum atomic E-state index is -0.842. The molecule has 2 aromatic heterocycles. The summed E-state index contributed by atoms with van der Waals surface area (Å²) in [6.45, 7) is 2.40. The molecule has 8 heteroatoms. The third-order valence-electron chi connectivity index (χ3n) is 5.68. The standard InChI is InChI=1S/C21H23N5O3/c1-24-18(6-7-22-24)20(27)17-12-16-13-25(8-9-26(16)23-17)21(28)15-4-5-19-14(11-15)3-2-10-29-19/h4-7,11-12,20,27H,2-3,8-10,13H2,1H3. The van der Waals surface area contributed by atoms with E-state index in [2.05, 4.69) is 10.2 Å². The summed E-state index contributed by atoms with van der Waals surface area (Å²) in [6.07, 6.45) is 2.73. The summed E-state index contributed by atoms with van der Waals surface area (Å²) in [7, 11) is 1.79. The Kier molecular flexibility index (Phi) is 4.35. The molecule has 150 valence electrons. The minimum absolute atomic E-state index is 0.0135. The predicted octanol–water partition coefficient (Wildman–Crippen LogP) is 1.68. The second-order valence-electron chi connectivity index (χ2n) is 7.57. The molecule has 0 aliphatic carbocycles. The molecular weight excluding hydrogens is 370 g/mol. The number of aromatic nitrogens is 4. The Morgan fingerprint density at radius 1 is 1.24 bits per heavy atom. The highest BCUT2D eigenvalue weighted by atomic mass is 16.5. The van der Waals surface area contributed by atoms with E-state index in [1.54, 1.807) is 24.0 Å². The van der Waals surface area contributed by atoms with E-state index in [1.165, 1.54) is 0 Å². The molecule has 0 radical (unpaired) electrons. The summed E-state index contributed by atoms with van der Waals surface area (Å²) in [5.41, 5.74) is 3.97. The van der Waals surface area contributed by atoms with E-state index >= 15 is 0 Å². The van der Waals surface area contributed by atoms with Gasteiger partial charge in [-0.15, -0.1) is 0 Å². The van der Waals surface area contributed by atoms with Crippen LogP contribution in [0.25, 0.3) is 0 Å². The number of aliphatic hydroxyl groups is 1. The van der Waals surface area contributed by atoms with Crippen molar-refractivity contribution in [2.45, 2.75) is 32.0 Å². The third kappa shape index (κ3) is 3.19. The molecule has 0 saturated carbocycles. The number of hydrogen-bond acceptors (Lipinski definition) is 5. The molecule has 0 fully saturated rings. The lowest BCUT2D eigenvalue weighted by atomic mass is 10.0. The van der Waals surface area contributed by atoms with Crippen LogP contribution in [0.4, 0.5) is 0 Å². The van der Waals surface area contributed by atoms with Crippen LogP contribution in [0.1, 0.15) is 45.5 Å². The first-order chi connectivity index (χ1) is 14.1. The molecule has 2 aliphatic heterocycles. The predicted molar refractivity (Wildman–Crippen MR) is 104 cm³/mol. The molecule has 2 aliphatic rings. The van der Waals surface area contributed by atoms with E-state index in [-0.39, 0.29) is 5.91 Å². The summed E-state index contributed by atoms with van der Waals surface area (Å²) in [5, 5.41) is 19.3. The zero-order valence-electron chi connectivity index (χ0n) is 16.3. The SMILES string of the molecule is Cn1nccc1C(O)c1cc2n(n1)CCN(C(=O)c1ccc3c(c1)CCCO3)C2. The molecule has 5 rings (SSSR count). The van der Waals surface area contributed by atoms with Crippen LogP contribution >= 0.6 is 0 Å². The summed E-state index contributed by atoms with van der Waals surface area (Å²) >= 11 is 0. The zero-order chi connectivity index (χ0) is 20.0. The van der Waals surface area contributed by atoms with E-state index in [9.17, 15) is 9.90 Å². The van der Waals surface area contributed by atoms with Crippen molar-refractivity contribution in [2.75, 3.05) is 13.2 Å². The van der Waals surface area contributed by atoms with Crippen molar-refractivity contribution < 1.29 is 14.6 Å². The Bertz CT molecular complexity index is 1070. The Morgan fingerprint density at radius 3 is 2.97 bits per heavy atom. The van der Waals surface area contributed by atoms with Gasteiger partial charge < -0.3 is 14.7 Å². The number of hydrogen-bond donors (Lipinski definition) is 1. The maximum Gasteiger partial charge on any atom is 0.254 e. The van der Waals surface area contributed by atoms with Crippen LogP contribution in [0.2, 0.25) is 0 Å². The number of aryl methyl sites for hydroxylation is 2. The molecule has 0 spiro atoms. The average Bonchev–Trinajstić information content (AvgIpc) is 3.37. The van der Waals surface area contributed by atoms with Crippen LogP contribution in [0.5, 0.6) is 5.75 Å².